The van der Waals surface area contributed by atoms with Crippen LogP contribution in [0.2, 0.25) is 0 Å². The highest BCUT2D eigenvalue weighted by molar-refractivity contribution is 5.67. The summed E-state index contributed by atoms with van der Waals surface area (Å²) in [5.74, 6) is 1.31. The number of benzene rings is 2. The smallest absolute Gasteiger partial charge is 0.179 e. The van der Waals surface area contributed by atoms with Gasteiger partial charge in [-0.25, -0.2) is 9.97 Å². The summed E-state index contributed by atoms with van der Waals surface area (Å²) in [4.78, 5) is 13.3. The van der Waals surface area contributed by atoms with Crippen molar-refractivity contribution in [1.82, 2.24) is 9.97 Å². The van der Waals surface area contributed by atoms with E-state index in [1.807, 2.05) is 48.5 Å². The van der Waals surface area contributed by atoms with Crippen LogP contribution >= 0.6 is 0 Å². The Bertz CT molecular complexity index is 964. The molecule has 1 aliphatic rings. The van der Waals surface area contributed by atoms with Gasteiger partial charge in [-0.05, 0) is 11.1 Å². The quantitative estimate of drug-likeness (QED) is 0.705. The molecular formula is C22H18N6. The number of anilines is 2. The van der Waals surface area contributed by atoms with Gasteiger partial charge in [0.2, 0.25) is 0 Å². The molecule has 3 aromatic rings. The Labute approximate surface area is 163 Å². The predicted octanol–water partition coefficient (Wildman–Crippen LogP) is 3.25. The first-order valence-corrected chi connectivity index (χ1v) is 9.08. The van der Waals surface area contributed by atoms with E-state index in [2.05, 4.69) is 44.0 Å². The van der Waals surface area contributed by atoms with Crippen LogP contribution in [-0.4, -0.2) is 23.1 Å². The molecule has 0 N–H and O–H groups in total. The van der Waals surface area contributed by atoms with E-state index in [9.17, 15) is 10.5 Å². The molecule has 6 heteroatoms. The molecule has 0 saturated carbocycles. The maximum Gasteiger partial charge on any atom is 0.179 e. The van der Waals surface area contributed by atoms with E-state index in [4.69, 9.17) is 0 Å². The number of nitrogens with zero attached hydrogens (tertiary/aromatic N) is 6. The molecule has 0 bridgehead atoms. The minimum atomic E-state index is 0.0703. The zero-order valence-corrected chi connectivity index (χ0v) is 15.3. The van der Waals surface area contributed by atoms with Gasteiger partial charge in [-0.3, -0.25) is 0 Å². The van der Waals surface area contributed by atoms with Crippen molar-refractivity contribution in [2.75, 3.05) is 22.9 Å². The molecule has 6 nitrogen and oxygen atoms in total. The van der Waals surface area contributed by atoms with E-state index in [-0.39, 0.29) is 11.4 Å². The van der Waals surface area contributed by atoms with Crippen molar-refractivity contribution >= 4 is 11.6 Å². The zero-order chi connectivity index (χ0) is 19.3. The first kappa shape index (κ1) is 17.5. The van der Waals surface area contributed by atoms with Crippen LogP contribution in [0.4, 0.5) is 11.6 Å². The zero-order valence-electron chi connectivity index (χ0n) is 15.3. The van der Waals surface area contributed by atoms with Crippen molar-refractivity contribution in [3.8, 4) is 12.1 Å². The van der Waals surface area contributed by atoms with Crippen LogP contribution in [0.3, 0.4) is 0 Å². The third-order valence-corrected chi connectivity index (χ3v) is 4.74. The molecule has 0 atom stereocenters. The summed E-state index contributed by atoms with van der Waals surface area (Å²) in [6, 6.07) is 24.3. The van der Waals surface area contributed by atoms with E-state index < -0.39 is 0 Å². The van der Waals surface area contributed by atoms with Crippen LogP contribution in [0, 0.1) is 22.7 Å². The first-order chi connectivity index (χ1) is 13.8. The molecule has 0 spiro atoms. The fraction of sp³-hybridized carbons (Fsp3) is 0.182. The lowest BCUT2D eigenvalue weighted by Crippen LogP contribution is -2.42. The molecule has 1 aromatic heterocycles. The Morgan fingerprint density at radius 1 is 0.679 bits per heavy atom. The van der Waals surface area contributed by atoms with Crippen molar-refractivity contribution in [2.45, 2.75) is 13.1 Å². The van der Waals surface area contributed by atoms with E-state index >= 15 is 0 Å². The minimum absolute atomic E-state index is 0.0703. The summed E-state index contributed by atoms with van der Waals surface area (Å²) in [6.07, 6.45) is 0. The van der Waals surface area contributed by atoms with Gasteiger partial charge >= 0.3 is 0 Å². The highest BCUT2D eigenvalue weighted by Crippen LogP contribution is 2.32. The predicted molar refractivity (Wildman–Crippen MR) is 106 cm³/mol. The molecule has 2 aromatic carbocycles. The molecule has 0 radical (unpaired) electrons. The van der Waals surface area contributed by atoms with Crippen molar-refractivity contribution in [3.05, 3.63) is 83.2 Å². The molecule has 0 saturated heterocycles. The lowest BCUT2D eigenvalue weighted by Gasteiger charge is -2.37. The van der Waals surface area contributed by atoms with Gasteiger partial charge in [0.15, 0.2) is 23.0 Å². The summed E-state index contributed by atoms with van der Waals surface area (Å²) in [5.41, 5.74) is 2.46. The molecular weight excluding hydrogens is 348 g/mol. The highest BCUT2D eigenvalue weighted by atomic mass is 15.3. The van der Waals surface area contributed by atoms with Gasteiger partial charge < -0.3 is 9.80 Å². The summed E-state index contributed by atoms with van der Waals surface area (Å²) >= 11 is 0. The average Bonchev–Trinajstić information content (AvgIpc) is 2.76. The first-order valence-electron chi connectivity index (χ1n) is 9.08. The van der Waals surface area contributed by atoms with Crippen LogP contribution in [0.15, 0.2) is 60.7 Å². The van der Waals surface area contributed by atoms with Gasteiger partial charge in [-0.1, -0.05) is 60.7 Å². The molecule has 0 aliphatic carbocycles. The minimum Gasteiger partial charge on any atom is -0.347 e. The van der Waals surface area contributed by atoms with Crippen molar-refractivity contribution in [3.63, 3.8) is 0 Å². The van der Waals surface area contributed by atoms with Crippen LogP contribution in [0.5, 0.6) is 0 Å². The number of rotatable bonds is 4. The molecule has 136 valence electrons. The summed E-state index contributed by atoms with van der Waals surface area (Å²) in [6.45, 7) is 2.89. The number of aromatic nitrogens is 2. The van der Waals surface area contributed by atoms with Gasteiger partial charge in [-0.2, -0.15) is 10.5 Å². The Hall–Kier alpha value is -3.90. The maximum atomic E-state index is 9.39. The highest BCUT2D eigenvalue weighted by Gasteiger charge is 2.28. The Morgan fingerprint density at radius 3 is 1.43 bits per heavy atom. The summed E-state index contributed by atoms with van der Waals surface area (Å²) in [5, 5.41) is 18.8. The van der Waals surface area contributed by atoms with E-state index in [0.717, 1.165) is 24.2 Å². The maximum absolute atomic E-state index is 9.39. The van der Waals surface area contributed by atoms with Crippen molar-refractivity contribution in [2.24, 2.45) is 0 Å². The normalized spacial score (nSPS) is 12.8. The average molecular weight is 366 g/mol. The summed E-state index contributed by atoms with van der Waals surface area (Å²) in [7, 11) is 0. The monoisotopic (exact) mass is 366 g/mol. The standard InChI is InChI=1S/C22H18N6/c23-13-19-20(14-24)26-22-21(25-19)27(15-17-7-3-1-4-8-17)11-12-28(22)16-18-9-5-2-6-10-18/h1-10H,11-12,15-16H2. The van der Waals surface area contributed by atoms with Gasteiger partial charge in [0.25, 0.3) is 0 Å². The van der Waals surface area contributed by atoms with E-state index in [1.165, 1.54) is 0 Å². The van der Waals surface area contributed by atoms with Crippen molar-refractivity contribution in [1.29, 1.82) is 10.5 Å². The van der Waals surface area contributed by atoms with Crippen LogP contribution < -0.4 is 9.80 Å². The van der Waals surface area contributed by atoms with E-state index in [0.29, 0.717) is 24.7 Å². The largest absolute Gasteiger partial charge is 0.347 e. The van der Waals surface area contributed by atoms with Gasteiger partial charge in [0.1, 0.15) is 12.1 Å². The molecule has 0 fully saturated rings. The molecule has 1 aliphatic heterocycles. The van der Waals surface area contributed by atoms with Gasteiger partial charge in [0, 0.05) is 26.2 Å². The van der Waals surface area contributed by atoms with Crippen LogP contribution in [0.1, 0.15) is 22.5 Å². The lowest BCUT2D eigenvalue weighted by atomic mass is 10.1. The fourth-order valence-corrected chi connectivity index (χ4v) is 3.37. The molecule has 4 rings (SSSR count). The SMILES string of the molecule is N#Cc1nc2c(nc1C#N)N(Cc1ccccc1)CCN2Cc1ccccc1. The third-order valence-electron chi connectivity index (χ3n) is 4.74. The Morgan fingerprint density at radius 2 is 1.07 bits per heavy atom. The second-order valence-electron chi connectivity index (χ2n) is 6.61. The van der Waals surface area contributed by atoms with Gasteiger partial charge in [-0.15, -0.1) is 0 Å². The third kappa shape index (κ3) is 3.49. The van der Waals surface area contributed by atoms with E-state index in [1.54, 1.807) is 0 Å². The molecule has 0 amide bonds. The molecule has 2 heterocycles. The second kappa shape index (κ2) is 7.77. The number of hydrogen-bond donors (Lipinski definition) is 0. The fourth-order valence-electron chi connectivity index (χ4n) is 3.37. The topological polar surface area (TPSA) is 79.8 Å². The van der Waals surface area contributed by atoms with Crippen LogP contribution in [0.25, 0.3) is 0 Å². The Kier molecular flexibility index (Phi) is 4.86. The van der Waals surface area contributed by atoms with Gasteiger partial charge in [0.05, 0.1) is 0 Å². The summed E-state index contributed by atoms with van der Waals surface area (Å²) < 4.78 is 0. The second-order valence-corrected chi connectivity index (χ2v) is 6.61. The number of nitriles is 2. The number of fused-ring (bicyclic) bond motifs is 1. The molecule has 0 unspecified atom stereocenters. The lowest BCUT2D eigenvalue weighted by molar-refractivity contribution is 0.671. The number of hydrogen-bond acceptors (Lipinski definition) is 6. The Balaban J connectivity index is 1.73. The van der Waals surface area contributed by atoms with Crippen LogP contribution in [-0.2, 0) is 13.1 Å². The molecule has 28 heavy (non-hydrogen) atoms. The van der Waals surface area contributed by atoms with Crippen molar-refractivity contribution < 1.29 is 0 Å².